The highest BCUT2D eigenvalue weighted by Gasteiger charge is 2.26. The average molecular weight is 266 g/mol. The molecule has 0 unspecified atom stereocenters. The Kier molecular flexibility index (Phi) is 6.08. The molecule has 0 aromatic carbocycles. The predicted molar refractivity (Wildman–Crippen MR) is 69.7 cm³/mol. The molecule has 17 heavy (non-hydrogen) atoms. The molecule has 0 spiro atoms. The topological polar surface area (TPSA) is 70.0 Å². The van der Waals surface area contributed by atoms with E-state index >= 15 is 0 Å². The Balaban J connectivity index is 4.56. The summed E-state index contributed by atoms with van der Waals surface area (Å²) in [5.74, 6) is 0.685. The largest absolute Gasteiger partial charge is 0.315 e. The molecule has 0 aliphatic rings. The maximum absolute atomic E-state index is 10.7. The lowest BCUT2D eigenvalue weighted by Crippen LogP contribution is -2.53. The van der Waals surface area contributed by atoms with E-state index in [9.17, 15) is 8.42 Å². The van der Waals surface area contributed by atoms with Gasteiger partial charge in [-0.25, -0.2) is 4.99 Å². The smallest absolute Gasteiger partial charge is 0.299 e. The average Bonchev–Trinajstić information content (AvgIpc) is 2.15. The number of quaternary nitrogens is 1. The van der Waals surface area contributed by atoms with Crippen LogP contribution in [0.15, 0.2) is 4.99 Å². The lowest BCUT2D eigenvalue weighted by molar-refractivity contribution is -0.805. The maximum Gasteiger partial charge on any atom is 0.299 e. The molecule has 1 N–H and O–H groups in total. The summed E-state index contributed by atoms with van der Waals surface area (Å²) in [6.07, 6.45) is 0.405. The van der Waals surface area contributed by atoms with Gasteiger partial charge in [-0.1, -0.05) is 0 Å². The summed E-state index contributed by atoms with van der Waals surface area (Å²) in [7, 11) is 3.75. The van der Waals surface area contributed by atoms with E-state index in [-0.39, 0.29) is 5.75 Å². The van der Waals surface area contributed by atoms with Crippen molar-refractivity contribution in [3.63, 3.8) is 0 Å². The van der Waals surface area contributed by atoms with E-state index in [4.69, 9.17) is 4.55 Å². The normalized spacial score (nSPS) is 13.9. The summed E-state index contributed by atoms with van der Waals surface area (Å²) in [5.41, 5.74) is 0. The van der Waals surface area contributed by atoms with Crippen LogP contribution in [0.5, 0.6) is 0 Å². The van der Waals surface area contributed by atoms with Crippen molar-refractivity contribution in [2.75, 3.05) is 47.0 Å². The van der Waals surface area contributed by atoms with Gasteiger partial charge in [-0.15, -0.1) is 0 Å². The molecule has 102 valence electrons. The fraction of sp³-hybridized carbons (Fsp3) is 0.900. The van der Waals surface area contributed by atoms with Crippen LogP contribution in [-0.2, 0) is 10.1 Å². The second kappa shape index (κ2) is 6.32. The molecule has 0 aromatic rings. The van der Waals surface area contributed by atoms with E-state index in [1.807, 2.05) is 33.0 Å². The first-order chi connectivity index (χ1) is 7.64. The number of hydrogen-bond acceptors (Lipinski definition) is 3. The third-order valence-corrected chi connectivity index (χ3v) is 3.48. The van der Waals surface area contributed by atoms with E-state index in [2.05, 4.69) is 4.99 Å². The maximum atomic E-state index is 10.7. The second-order valence-corrected chi connectivity index (χ2v) is 6.16. The Labute approximate surface area is 104 Å². The predicted octanol–water partition coefficient (Wildman–Crippen LogP) is 0.278. The minimum absolute atomic E-state index is 0.207. The molecule has 0 saturated heterocycles. The van der Waals surface area contributed by atoms with Crippen LogP contribution in [0.1, 0.15) is 13.3 Å². The zero-order valence-electron chi connectivity index (χ0n) is 11.3. The summed E-state index contributed by atoms with van der Waals surface area (Å²) >= 11 is 0. The first-order valence-corrected chi connectivity index (χ1v) is 7.21. The Morgan fingerprint density at radius 2 is 1.94 bits per heavy atom. The summed E-state index contributed by atoms with van der Waals surface area (Å²) in [6.45, 7) is 3.48. The van der Waals surface area contributed by atoms with Gasteiger partial charge in [-0.3, -0.25) is 9.04 Å². The van der Waals surface area contributed by atoms with Crippen molar-refractivity contribution >= 4 is 16.1 Å². The molecule has 0 atom stereocenters. The highest BCUT2D eigenvalue weighted by molar-refractivity contribution is 7.85. The molecule has 0 fully saturated rings. The minimum atomic E-state index is -3.87. The van der Waals surface area contributed by atoms with Crippen LogP contribution in [-0.4, -0.2) is 75.3 Å². The molecule has 0 aliphatic carbocycles. The van der Waals surface area contributed by atoms with Crippen molar-refractivity contribution < 1.29 is 17.5 Å². The van der Waals surface area contributed by atoms with Crippen molar-refractivity contribution in [2.45, 2.75) is 13.3 Å². The van der Waals surface area contributed by atoms with Crippen LogP contribution in [0, 0.1) is 0 Å². The standard InChI is InChI=1S/C10H23N3O3S/c1-6-12(3)10(11-2)13(4,5)8-7-9-17(14,15)16/h6-9H2,1-5H3/p+1. The third kappa shape index (κ3) is 5.99. The van der Waals surface area contributed by atoms with Gasteiger partial charge in [-0.05, 0) is 6.92 Å². The molecule has 7 heteroatoms. The number of hydrogen-bond donors (Lipinski definition) is 1. The molecular formula is C10H24N3O3S+. The number of aliphatic imine (C=N–C) groups is 1. The van der Waals surface area contributed by atoms with Gasteiger partial charge in [0.2, 0.25) is 0 Å². The number of nitrogens with zero attached hydrogens (tertiary/aromatic N) is 3. The first-order valence-electron chi connectivity index (χ1n) is 5.60. The fourth-order valence-corrected chi connectivity index (χ4v) is 2.28. The van der Waals surface area contributed by atoms with Crippen molar-refractivity contribution in [3.05, 3.63) is 0 Å². The molecule has 0 aliphatic heterocycles. The monoisotopic (exact) mass is 266 g/mol. The summed E-state index contributed by atoms with van der Waals surface area (Å²) in [6, 6.07) is 0. The van der Waals surface area contributed by atoms with Crippen LogP contribution in [0.2, 0.25) is 0 Å². The molecule has 0 amide bonds. The van der Waals surface area contributed by atoms with Gasteiger partial charge in [-0.2, -0.15) is 8.42 Å². The fourth-order valence-electron chi connectivity index (χ4n) is 1.79. The van der Waals surface area contributed by atoms with E-state index in [0.29, 0.717) is 17.4 Å². The van der Waals surface area contributed by atoms with Crippen molar-refractivity contribution in [3.8, 4) is 0 Å². The molecule has 6 nitrogen and oxygen atoms in total. The van der Waals surface area contributed by atoms with Crippen LogP contribution >= 0.6 is 0 Å². The third-order valence-electron chi connectivity index (χ3n) is 2.68. The van der Waals surface area contributed by atoms with Gasteiger partial charge in [0.05, 0.1) is 26.4 Å². The molecular weight excluding hydrogens is 242 g/mol. The minimum Gasteiger partial charge on any atom is -0.315 e. The van der Waals surface area contributed by atoms with Gasteiger partial charge < -0.3 is 4.90 Å². The van der Waals surface area contributed by atoms with E-state index in [0.717, 1.165) is 12.5 Å². The number of guanidine groups is 1. The number of rotatable bonds is 5. The van der Waals surface area contributed by atoms with Gasteiger partial charge >= 0.3 is 0 Å². The molecule has 0 aromatic heterocycles. The highest BCUT2D eigenvalue weighted by atomic mass is 32.2. The summed E-state index contributed by atoms with van der Waals surface area (Å²) < 4.78 is 30.5. The summed E-state index contributed by atoms with van der Waals surface area (Å²) in [5, 5.41) is 0. The molecule has 0 rings (SSSR count). The van der Waals surface area contributed by atoms with Gasteiger partial charge in [0.25, 0.3) is 16.1 Å². The Morgan fingerprint density at radius 3 is 2.29 bits per heavy atom. The zero-order valence-corrected chi connectivity index (χ0v) is 12.2. The Morgan fingerprint density at radius 1 is 1.41 bits per heavy atom. The van der Waals surface area contributed by atoms with Crippen LogP contribution in [0.3, 0.4) is 0 Å². The zero-order chi connectivity index (χ0) is 13.7. The lowest BCUT2D eigenvalue weighted by atomic mass is 10.4. The molecule has 0 saturated carbocycles. The SMILES string of the molecule is CCN(C)C(=NC)[N+](C)(C)CCCS(=O)(=O)O. The van der Waals surface area contributed by atoms with Crippen LogP contribution in [0.25, 0.3) is 0 Å². The Hall–Kier alpha value is -0.660. The van der Waals surface area contributed by atoms with Crippen molar-refractivity contribution in [1.82, 2.24) is 4.90 Å². The molecule has 0 radical (unpaired) electrons. The van der Waals surface area contributed by atoms with Gasteiger partial charge in [0.15, 0.2) is 0 Å². The van der Waals surface area contributed by atoms with E-state index < -0.39 is 10.1 Å². The van der Waals surface area contributed by atoms with E-state index in [1.165, 1.54) is 0 Å². The lowest BCUT2D eigenvalue weighted by Gasteiger charge is -2.34. The van der Waals surface area contributed by atoms with Crippen molar-refractivity contribution in [2.24, 2.45) is 4.99 Å². The van der Waals surface area contributed by atoms with Gasteiger partial charge in [0.1, 0.15) is 0 Å². The quantitative estimate of drug-likeness (QED) is 0.336. The second-order valence-electron chi connectivity index (χ2n) is 4.59. The van der Waals surface area contributed by atoms with Crippen LogP contribution < -0.4 is 0 Å². The molecule has 0 heterocycles. The van der Waals surface area contributed by atoms with Gasteiger partial charge in [0, 0.05) is 27.1 Å². The van der Waals surface area contributed by atoms with E-state index in [1.54, 1.807) is 7.05 Å². The first kappa shape index (κ1) is 16.3. The molecule has 0 bridgehead atoms. The Bertz CT molecular complexity index is 363. The highest BCUT2D eigenvalue weighted by Crippen LogP contribution is 2.06. The summed E-state index contributed by atoms with van der Waals surface area (Å²) in [4.78, 5) is 6.27. The van der Waals surface area contributed by atoms with Crippen molar-refractivity contribution in [1.29, 1.82) is 0 Å². The van der Waals surface area contributed by atoms with Crippen LogP contribution in [0.4, 0.5) is 0 Å².